The highest BCUT2D eigenvalue weighted by atomic mass is 16.7. The minimum Gasteiger partial charge on any atom is -0.353 e. The van der Waals surface area contributed by atoms with Gasteiger partial charge >= 0.3 is 0 Å². The van der Waals surface area contributed by atoms with Crippen molar-refractivity contribution in [2.45, 2.75) is 63.8 Å². The van der Waals surface area contributed by atoms with E-state index in [1.165, 1.54) is 25.7 Å². The molecule has 0 bridgehead atoms. The van der Waals surface area contributed by atoms with Crippen LogP contribution in [0.2, 0.25) is 0 Å². The lowest BCUT2D eigenvalue weighted by atomic mass is 9.97. The van der Waals surface area contributed by atoms with E-state index in [0.29, 0.717) is 0 Å². The van der Waals surface area contributed by atoms with Gasteiger partial charge in [-0.25, -0.2) is 0 Å². The lowest BCUT2D eigenvalue weighted by Gasteiger charge is -2.38. The van der Waals surface area contributed by atoms with Crippen molar-refractivity contribution in [3.05, 3.63) is 0 Å². The lowest BCUT2D eigenvalue weighted by Crippen LogP contribution is -2.41. The Kier molecular flexibility index (Phi) is 2.89. The predicted molar refractivity (Wildman–Crippen MR) is 51.5 cm³/mol. The molecule has 2 heteroatoms. The number of ether oxygens (including phenoxy) is 2. The van der Waals surface area contributed by atoms with E-state index in [4.69, 9.17) is 9.47 Å². The van der Waals surface area contributed by atoms with Crippen LogP contribution in [0.4, 0.5) is 0 Å². The van der Waals surface area contributed by atoms with Gasteiger partial charge in [0, 0.05) is 0 Å². The van der Waals surface area contributed by atoms with Crippen molar-refractivity contribution in [1.82, 2.24) is 0 Å². The zero-order valence-electron chi connectivity index (χ0n) is 8.55. The second-order valence-corrected chi connectivity index (χ2v) is 4.35. The Hall–Kier alpha value is -0.0800. The normalized spacial score (nSPS) is 32.5. The highest BCUT2D eigenvalue weighted by molar-refractivity contribution is 4.88. The molecule has 0 radical (unpaired) electrons. The first kappa shape index (κ1) is 9.47. The summed E-state index contributed by atoms with van der Waals surface area (Å²) in [6.45, 7) is 3.09. The monoisotopic (exact) mass is 184 g/mol. The Balaban J connectivity index is 1.90. The standard InChI is InChI=1S/C11H20O2/c1-2-5-10-12-9-8-11(13-10)6-3-4-7-11/h10H,2-9H2,1H3. The molecule has 0 aromatic carbocycles. The average molecular weight is 184 g/mol. The summed E-state index contributed by atoms with van der Waals surface area (Å²) in [5, 5.41) is 0. The van der Waals surface area contributed by atoms with E-state index < -0.39 is 0 Å². The molecule has 13 heavy (non-hydrogen) atoms. The van der Waals surface area contributed by atoms with Crippen LogP contribution < -0.4 is 0 Å². The third-order valence-electron chi connectivity index (χ3n) is 3.28. The maximum absolute atomic E-state index is 6.05. The molecule has 0 aromatic rings. The molecular weight excluding hydrogens is 164 g/mol. The van der Waals surface area contributed by atoms with Crippen molar-refractivity contribution in [3.8, 4) is 0 Å². The van der Waals surface area contributed by atoms with Crippen molar-refractivity contribution in [2.24, 2.45) is 0 Å². The van der Waals surface area contributed by atoms with Gasteiger partial charge in [0.2, 0.25) is 0 Å². The van der Waals surface area contributed by atoms with Crippen LogP contribution in [0.1, 0.15) is 51.9 Å². The summed E-state index contributed by atoms with van der Waals surface area (Å²) >= 11 is 0. The molecule has 1 saturated carbocycles. The zero-order chi connectivity index (χ0) is 9.15. The fourth-order valence-electron chi connectivity index (χ4n) is 2.51. The highest BCUT2D eigenvalue weighted by Gasteiger charge is 2.39. The predicted octanol–water partition coefficient (Wildman–Crippen LogP) is 2.86. The molecule has 0 N–H and O–H groups in total. The maximum Gasteiger partial charge on any atom is 0.158 e. The Morgan fingerprint density at radius 3 is 2.69 bits per heavy atom. The summed E-state index contributed by atoms with van der Waals surface area (Å²) in [4.78, 5) is 0. The van der Waals surface area contributed by atoms with Crippen molar-refractivity contribution in [2.75, 3.05) is 6.61 Å². The molecule has 2 rings (SSSR count). The van der Waals surface area contributed by atoms with Gasteiger partial charge in [-0.2, -0.15) is 0 Å². The van der Waals surface area contributed by atoms with Crippen molar-refractivity contribution < 1.29 is 9.47 Å². The minimum absolute atomic E-state index is 0.0943. The maximum atomic E-state index is 6.05. The fourth-order valence-corrected chi connectivity index (χ4v) is 2.51. The first-order valence-corrected chi connectivity index (χ1v) is 5.64. The Morgan fingerprint density at radius 1 is 1.23 bits per heavy atom. The van der Waals surface area contributed by atoms with Gasteiger partial charge in [-0.3, -0.25) is 0 Å². The molecular formula is C11H20O2. The molecule has 1 spiro atoms. The van der Waals surface area contributed by atoms with E-state index in [2.05, 4.69) is 6.92 Å². The van der Waals surface area contributed by atoms with Gasteiger partial charge in [0.25, 0.3) is 0 Å². The molecule has 1 aliphatic carbocycles. The van der Waals surface area contributed by atoms with Crippen molar-refractivity contribution in [1.29, 1.82) is 0 Å². The third kappa shape index (κ3) is 2.05. The first-order valence-electron chi connectivity index (χ1n) is 5.64. The van der Waals surface area contributed by atoms with Gasteiger partial charge in [0.05, 0.1) is 12.2 Å². The number of hydrogen-bond acceptors (Lipinski definition) is 2. The summed E-state index contributed by atoms with van der Waals surface area (Å²) in [6, 6.07) is 0. The van der Waals surface area contributed by atoms with Gasteiger partial charge in [-0.15, -0.1) is 0 Å². The van der Waals surface area contributed by atoms with Crippen LogP contribution >= 0.6 is 0 Å². The van der Waals surface area contributed by atoms with Crippen LogP contribution in [0, 0.1) is 0 Å². The van der Waals surface area contributed by atoms with Gasteiger partial charge < -0.3 is 9.47 Å². The van der Waals surface area contributed by atoms with Crippen LogP contribution in [0.3, 0.4) is 0 Å². The summed E-state index contributed by atoms with van der Waals surface area (Å²) < 4.78 is 11.6. The number of rotatable bonds is 2. The third-order valence-corrected chi connectivity index (χ3v) is 3.28. The van der Waals surface area contributed by atoms with E-state index >= 15 is 0 Å². The molecule has 76 valence electrons. The molecule has 2 nitrogen and oxygen atoms in total. The number of hydrogen-bond donors (Lipinski definition) is 0. The fraction of sp³-hybridized carbons (Fsp3) is 1.00. The van der Waals surface area contributed by atoms with Crippen LogP contribution in [0.15, 0.2) is 0 Å². The van der Waals surface area contributed by atoms with Gasteiger partial charge in [0.1, 0.15) is 0 Å². The molecule has 0 aromatic heterocycles. The summed E-state index contributed by atoms with van der Waals surface area (Å²) in [6.07, 6.45) is 8.64. The zero-order valence-corrected chi connectivity index (χ0v) is 8.55. The first-order chi connectivity index (χ1) is 6.35. The second kappa shape index (κ2) is 3.97. The quantitative estimate of drug-likeness (QED) is 0.657. The van der Waals surface area contributed by atoms with Crippen LogP contribution in [-0.2, 0) is 9.47 Å². The largest absolute Gasteiger partial charge is 0.353 e. The SMILES string of the molecule is CCCC1OCCC2(CCCC2)O1. The Morgan fingerprint density at radius 2 is 2.00 bits per heavy atom. The van der Waals surface area contributed by atoms with E-state index in [9.17, 15) is 0 Å². The lowest BCUT2D eigenvalue weighted by molar-refractivity contribution is -0.256. The average Bonchev–Trinajstić information content (AvgIpc) is 2.54. The topological polar surface area (TPSA) is 18.5 Å². The molecule has 1 atom stereocenters. The van der Waals surface area contributed by atoms with Crippen LogP contribution in [0.25, 0.3) is 0 Å². The summed E-state index contributed by atoms with van der Waals surface area (Å²) in [7, 11) is 0. The molecule has 0 amide bonds. The Bertz CT molecular complexity index is 159. The molecule has 2 aliphatic rings. The van der Waals surface area contributed by atoms with Crippen LogP contribution in [0.5, 0.6) is 0 Å². The van der Waals surface area contributed by atoms with Crippen LogP contribution in [-0.4, -0.2) is 18.5 Å². The van der Waals surface area contributed by atoms with E-state index in [1.807, 2.05) is 0 Å². The summed E-state index contributed by atoms with van der Waals surface area (Å²) in [5.74, 6) is 0. The van der Waals surface area contributed by atoms with E-state index in [-0.39, 0.29) is 11.9 Å². The molecule has 1 unspecified atom stereocenters. The van der Waals surface area contributed by atoms with Crippen molar-refractivity contribution >= 4 is 0 Å². The van der Waals surface area contributed by atoms with Crippen molar-refractivity contribution in [3.63, 3.8) is 0 Å². The smallest absolute Gasteiger partial charge is 0.158 e. The minimum atomic E-state index is 0.0943. The van der Waals surface area contributed by atoms with Gasteiger partial charge in [-0.05, 0) is 25.7 Å². The summed E-state index contributed by atoms with van der Waals surface area (Å²) in [5.41, 5.74) is 0.220. The molecule has 1 heterocycles. The van der Waals surface area contributed by atoms with E-state index in [0.717, 1.165) is 25.9 Å². The second-order valence-electron chi connectivity index (χ2n) is 4.35. The highest BCUT2D eigenvalue weighted by Crippen LogP contribution is 2.40. The van der Waals surface area contributed by atoms with Gasteiger partial charge in [0.15, 0.2) is 6.29 Å². The molecule has 1 saturated heterocycles. The molecule has 1 aliphatic heterocycles. The molecule has 2 fully saturated rings. The van der Waals surface area contributed by atoms with Gasteiger partial charge in [-0.1, -0.05) is 26.2 Å². The Labute approximate surface area is 80.6 Å². The van der Waals surface area contributed by atoms with E-state index in [1.54, 1.807) is 0 Å².